The fourth-order valence-electron chi connectivity index (χ4n) is 1.37. The minimum absolute atomic E-state index is 0.308. The number of ether oxygens (including phenoxy) is 3. The van der Waals surface area contributed by atoms with Gasteiger partial charge in [-0.2, -0.15) is 0 Å². The maximum atomic E-state index is 5.56. The van der Waals surface area contributed by atoms with Crippen molar-refractivity contribution in [3.63, 3.8) is 0 Å². The molecule has 1 rings (SSSR count). The molecule has 1 aliphatic rings. The molecule has 0 radical (unpaired) electrons. The summed E-state index contributed by atoms with van der Waals surface area (Å²) in [5, 5.41) is 0. The molecular formula is C7H15NO3. The Labute approximate surface area is 66.6 Å². The van der Waals surface area contributed by atoms with Crippen LogP contribution in [0.5, 0.6) is 0 Å². The van der Waals surface area contributed by atoms with E-state index in [1.54, 1.807) is 14.2 Å². The maximum Gasteiger partial charge on any atom is 0.187 e. The highest BCUT2D eigenvalue weighted by atomic mass is 16.7. The Morgan fingerprint density at radius 3 is 2.73 bits per heavy atom. The number of nitrogens with two attached hydrogens (primary N) is 1. The van der Waals surface area contributed by atoms with Crippen LogP contribution in [0, 0.1) is 0 Å². The van der Waals surface area contributed by atoms with E-state index in [1.165, 1.54) is 0 Å². The minimum Gasteiger partial charge on any atom is -0.372 e. The first-order chi connectivity index (χ1) is 5.29. The van der Waals surface area contributed by atoms with E-state index in [0.717, 1.165) is 6.42 Å². The lowest BCUT2D eigenvalue weighted by Crippen LogP contribution is -2.47. The third-order valence-corrected chi connectivity index (χ3v) is 2.19. The zero-order valence-corrected chi connectivity index (χ0v) is 7.00. The third kappa shape index (κ3) is 1.39. The molecule has 4 heteroatoms. The molecule has 0 amide bonds. The van der Waals surface area contributed by atoms with Gasteiger partial charge in [0.2, 0.25) is 0 Å². The molecule has 0 aromatic rings. The minimum atomic E-state index is -0.422. The lowest BCUT2D eigenvalue weighted by Gasteiger charge is -2.29. The molecule has 2 atom stereocenters. The van der Waals surface area contributed by atoms with Crippen LogP contribution in [0.15, 0.2) is 0 Å². The van der Waals surface area contributed by atoms with Crippen LogP contribution < -0.4 is 5.73 Å². The molecule has 11 heavy (non-hydrogen) atoms. The highest BCUT2D eigenvalue weighted by Crippen LogP contribution is 2.28. The first-order valence-electron chi connectivity index (χ1n) is 3.68. The van der Waals surface area contributed by atoms with E-state index in [2.05, 4.69) is 0 Å². The molecule has 1 saturated heterocycles. The summed E-state index contributed by atoms with van der Waals surface area (Å²) in [4.78, 5) is 0. The van der Waals surface area contributed by atoms with E-state index < -0.39 is 5.60 Å². The maximum absolute atomic E-state index is 5.56. The van der Waals surface area contributed by atoms with Gasteiger partial charge in [-0.1, -0.05) is 0 Å². The fourth-order valence-corrected chi connectivity index (χ4v) is 1.37. The highest BCUT2D eigenvalue weighted by Gasteiger charge is 2.43. The molecule has 2 unspecified atom stereocenters. The number of hydrogen-bond donors (Lipinski definition) is 1. The lowest BCUT2D eigenvalue weighted by atomic mass is 10.0. The summed E-state index contributed by atoms with van der Waals surface area (Å²) in [7, 11) is 3.23. The van der Waals surface area contributed by atoms with Crippen molar-refractivity contribution in [1.29, 1.82) is 0 Å². The van der Waals surface area contributed by atoms with Crippen LogP contribution >= 0.6 is 0 Å². The second-order valence-corrected chi connectivity index (χ2v) is 2.66. The normalized spacial score (nSPS) is 37.9. The molecule has 0 aromatic carbocycles. The van der Waals surface area contributed by atoms with Gasteiger partial charge in [0.05, 0.1) is 6.61 Å². The van der Waals surface area contributed by atoms with Gasteiger partial charge in [0.1, 0.15) is 5.60 Å². The van der Waals surface area contributed by atoms with Gasteiger partial charge in [0, 0.05) is 27.2 Å². The summed E-state index contributed by atoms with van der Waals surface area (Å²) < 4.78 is 15.6. The van der Waals surface area contributed by atoms with Crippen molar-refractivity contribution >= 4 is 0 Å². The van der Waals surface area contributed by atoms with E-state index >= 15 is 0 Å². The van der Waals surface area contributed by atoms with E-state index in [4.69, 9.17) is 19.9 Å². The largest absolute Gasteiger partial charge is 0.372 e. The quantitative estimate of drug-likeness (QED) is 0.618. The SMILES string of the molecule is COC1OCCC1(CN)OC. The molecule has 1 heterocycles. The van der Waals surface area contributed by atoms with E-state index in [-0.39, 0.29) is 6.29 Å². The van der Waals surface area contributed by atoms with Gasteiger partial charge in [0.25, 0.3) is 0 Å². The first-order valence-corrected chi connectivity index (χ1v) is 3.68. The Morgan fingerprint density at radius 1 is 1.64 bits per heavy atom. The summed E-state index contributed by atoms with van der Waals surface area (Å²) in [5.41, 5.74) is 5.14. The monoisotopic (exact) mass is 161 g/mol. The molecule has 1 fully saturated rings. The molecule has 0 spiro atoms. The zero-order valence-electron chi connectivity index (χ0n) is 7.00. The van der Waals surface area contributed by atoms with Crippen LogP contribution in [0.25, 0.3) is 0 Å². The lowest BCUT2D eigenvalue weighted by molar-refractivity contribution is -0.183. The molecule has 0 bridgehead atoms. The van der Waals surface area contributed by atoms with Gasteiger partial charge in [-0.15, -0.1) is 0 Å². The summed E-state index contributed by atoms with van der Waals surface area (Å²) in [6.07, 6.45) is 0.496. The molecule has 66 valence electrons. The zero-order chi connectivity index (χ0) is 8.32. The molecule has 1 aliphatic heterocycles. The average Bonchev–Trinajstić information content (AvgIpc) is 2.47. The van der Waals surface area contributed by atoms with Crippen molar-refractivity contribution in [3.8, 4) is 0 Å². The molecule has 0 aromatic heterocycles. The number of hydrogen-bond acceptors (Lipinski definition) is 4. The van der Waals surface area contributed by atoms with Gasteiger partial charge in [-0.3, -0.25) is 0 Å². The average molecular weight is 161 g/mol. The highest BCUT2D eigenvalue weighted by molar-refractivity contribution is 4.89. The van der Waals surface area contributed by atoms with Crippen molar-refractivity contribution in [2.45, 2.75) is 18.3 Å². The molecular weight excluding hydrogens is 146 g/mol. The van der Waals surface area contributed by atoms with Crippen LogP contribution in [0.2, 0.25) is 0 Å². The first kappa shape index (κ1) is 8.93. The summed E-state index contributed by atoms with van der Waals surface area (Å²) in [6, 6.07) is 0. The summed E-state index contributed by atoms with van der Waals surface area (Å²) >= 11 is 0. The molecule has 0 saturated carbocycles. The second-order valence-electron chi connectivity index (χ2n) is 2.66. The van der Waals surface area contributed by atoms with Crippen LogP contribution in [0.3, 0.4) is 0 Å². The van der Waals surface area contributed by atoms with Crippen LogP contribution in [0.4, 0.5) is 0 Å². The van der Waals surface area contributed by atoms with Gasteiger partial charge in [-0.25, -0.2) is 0 Å². The Bertz CT molecular complexity index is 125. The van der Waals surface area contributed by atoms with Gasteiger partial charge in [0.15, 0.2) is 6.29 Å². The predicted molar refractivity (Wildman–Crippen MR) is 40.2 cm³/mol. The standard InChI is InChI=1S/C7H15NO3/c1-9-6-7(5-8,10-2)3-4-11-6/h6H,3-5,8H2,1-2H3. The van der Waals surface area contributed by atoms with Crippen molar-refractivity contribution < 1.29 is 14.2 Å². The fraction of sp³-hybridized carbons (Fsp3) is 1.00. The van der Waals surface area contributed by atoms with Gasteiger partial charge < -0.3 is 19.9 Å². The Morgan fingerprint density at radius 2 is 2.36 bits per heavy atom. The predicted octanol–water partition coefficient (Wildman–Crippen LogP) is -0.277. The second kappa shape index (κ2) is 3.49. The Kier molecular flexibility index (Phi) is 2.84. The van der Waals surface area contributed by atoms with Crippen molar-refractivity contribution in [2.24, 2.45) is 5.73 Å². The van der Waals surface area contributed by atoms with Crippen LogP contribution in [-0.2, 0) is 14.2 Å². The van der Waals surface area contributed by atoms with Crippen LogP contribution in [0.1, 0.15) is 6.42 Å². The van der Waals surface area contributed by atoms with E-state index in [1.807, 2.05) is 0 Å². The smallest absolute Gasteiger partial charge is 0.187 e. The van der Waals surface area contributed by atoms with Crippen LogP contribution in [-0.4, -0.2) is 39.3 Å². The molecule has 4 nitrogen and oxygen atoms in total. The van der Waals surface area contributed by atoms with Gasteiger partial charge >= 0.3 is 0 Å². The topological polar surface area (TPSA) is 53.7 Å². The summed E-state index contributed by atoms with van der Waals surface area (Å²) in [6.45, 7) is 1.09. The van der Waals surface area contributed by atoms with Crippen molar-refractivity contribution in [2.75, 3.05) is 27.4 Å². The Hall–Kier alpha value is -0.160. The van der Waals surface area contributed by atoms with E-state index in [0.29, 0.717) is 13.2 Å². The van der Waals surface area contributed by atoms with Crippen molar-refractivity contribution in [3.05, 3.63) is 0 Å². The van der Waals surface area contributed by atoms with E-state index in [9.17, 15) is 0 Å². The van der Waals surface area contributed by atoms with Crippen molar-refractivity contribution in [1.82, 2.24) is 0 Å². The molecule has 0 aliphatic carbocycles. The van der Waals surface area contributed by atoms with Gasteiger partial charge in [-0.05, 0) is 0 Å². The third-order valence-electron chi connectivity index (χ3n) is 2.19. The number of methoxy groups -OCH3 is 2. The Balaban J connectivity index is 2.63. The number of rotatable bonds is 3. The summed E-state index contributed by atoms with van der Waals surface area (Å²) in [5.74, 6) is 0. The molecule has 2 N–H and O–H groups in total.